The predicted molar refractivity (Wildman–Crippen MR) is 122 cm³/mol. The second-order valence-electron chi connectivity index (χ2n) is 9.53. The predicted octanol–water partition coefficient (Wildman–Crippen LogP) is 3.20. The van der Waals surface area contributed by atoms with Gasteiger partial charge in [-0.2, -0.15) is 4.98 Å². The SMILES string of the molecule is CC(C)c1noc(N2CC3[C@@H](COc4ccc(-c5ccc(S(C)(=O)=O)cn5)nc4)[C@]3(C)C2)n1. The van der Waals surface area contributed by atoms with Crippen LogP contribution in [0.1, 0.15) is 32.5 Å². The van der Waals surface area contributed by atoms with Crippen molar-refractivity contribution in [1.29, 1.82) is 0 Å². The van der Waals surface area contributed by atoms with Crippen molar-refractivity contribution in [3.05, 3.63) is 42.5 Å². The van der Waals surface area contributed by atoms with Gasteiger partial charge in [0, 0.05) is 37.4 Å². The molecule has 9 nitrogen and oxygen atoms in total. The van der Waals surface area contributed by atoms with E-state index in [-0.39, 0.29) is 16.2 Å². The van der Waals surface area contributed by atoms with Crippen molar-refractivity contribution in [3.8, 4) is 17.1 Å². The third kappa shape index (κ3) is 4.07. The maximum absolute atomic E-state index is 11.6. The van der Waals surface area contributed by atoms with Gasteiger partial charge < -0.3 is 14.2 Å². The Kier molecular flexibility index (Phi) is 5.15. The summed E-state index contributed by atoms with van der Waals surface area (Å²) in [5, 5.41) is 4.07. The van der Waals surface area contributed by atoms with Crippen molar-refractivity contribution in [2.75, 3.05) is 30.9 Å². The van der Waals surface area contributed by atoms with E-state index >= 15 is 0 Å². The standard InChI is InChI=1S/C23H27N5O4S/c1-14(2)21-26-22(32-27-21)28-11-17-18(23(17,3)13-28)12-31-15-5-7-19(24-9-15)20-8-6-16(10-25-20)33(4,29)30/h5-10,14,17-18H,11-13H2,1-4H3/t17?,18-,23-/m1/s1. The molecule has 33 heavy (non-hydrogen) atoms. The zero-order chi connectivity index (χ0) is 23.4. The lowest BCUT2D eigenvalue weighted by molar-refractivity contribution is 0.268. The summed E-state index contributed by atoms with van der Waals surface area (Å²) in [6, 6.07) is 7.51. The minimum atomic E-state index is -3.27. The molecule has 5 rings (SSSR count). The van der Waals surface area contributed by atoms with Crippen LogP contribution in [0.2, 0.25) is 0 Å². The molecule has 1 aliphatic heterocycles. The first-order chi connectivity index (χ1) is 15.6. The van der Waals surface area contributed by atoms with Gasteiger partial charge in [0.25, 0.3) is 0 Å². The number of sulfone groups is 1. The van der Waals surface area contributed by atoms with Crippen LogP contribution in [0.3, 0.4) is 0 Å². The highest BCUT2D eigenvalue weighted by atomic mass is 32.2. The Bertz CT molecular complexity index is 1260. The van der Waals surface area contributed by atoms with E-state index < -0.39 is 9.84 Å². The van der Waals surface area contributed by atoms with Crippen molar-refractivity contribution in [2.24, 2.45) is 17.3 Å². The van der Waals surface area contributed by atoms with Crippen LogP contribution < -0.4 is 9.64 Å². The summed E-state index contributed by atoms with van der Waals surface area (Å²) in [4.78, 5) is 15.5. The molecule has 0 amide bonds. The molecular weight excluding hydrogens is 442 g/mol. The average molecular weight is 470 g/mol. The minimum absolute atomic E-state index is 0.186. The van der Waals surface area contributed by atoms with Crippen LogP contribution in [0.4, 0.5) is 6.01 Å². The molecule has 0 radical (unpaired) electrons. The molecule has 4 heterocycles. The molecule has 3 aromatic heterocycles. The highest BCUT2D eigenvalue weighted by molar-refractivity contribution is 7.90. The smallest absolute Gasteiger partial charge is 0.324 e. The average Bonchev–Trinajstić information content (AvgIpc) is 3.15. The maximum Gasteiger partial charge on any atom is 0.324 e. The van der Waals surface area contributed by atoms with E-state index in [4.69, 9.17) is 9.26 Å². The number of rotatable bonds is 7. The Labute approximate surface area is 193 Å². The van der Waals surface area contributed by atoms with E-state index in [0.29, 0.717) is 41.6 Å². The summed E-state index contributed by atoms with van der Waals surface area (Å²) in [6.07, 6.45) is 4.19. The highest BCUT2D eigenvalue weighted by Gasteiger charge is 2.66. The first kappa shape index (κ1) is 21.8. The molecule has 1 unspecified atom stereocenters. The largest absolute Gasteiger partial charge is 0.492 e. The topological polar surface area (TPSA) is 111 Å². The van der Waals surface area contributed by atoms with E-state index in [0.717, 1.165) is 25.2 Å². The number of nitrogens with zero attached hydrogens (tertiary/aromatic N) is 5. The summed E-state index contributed by atoms with van der Waals surface area (Å²) in [5.74, 6) is 2.71. The zero-order valence-electron chi connectivity index (χ0n) is 19.1. The Morgan fingerprint density at radius 2 is 1.91 bits per heavy atom. The van der Waals surface area contributed by atoms with Crippen LogP contribution in [0, 0.1) is 17.3 Å². The van der Waals surface area contributed by atoms with Gasteiger partial charge in [0.1, 0.15) is 5.75 Å². The third-order valence-corrected chi connectivity index (χ3v) is 7.93. The first-order valence-corrected chi connectivity index (χ1v) is 12.9. The fourth-order valence-corrected chi connectivity index (χ4v) is 5.20. The summed E-state index contributed by atoms with van der Waals surface area (Å²) in [6.45, 7) is 8.82. The fourth-order valence-electron chi connectivity index (χ4n) is 4.64. The van der Waals surface area contributed by atoms with Crippen molar-refractivity contribution >= 4 is 15.9 Å². The molecule has 2 aliphatic rings. The molecule has 1 saturated heterocycles. The second-order valence-corrected chi connectivity index (χ2v) is 11.5. The van der Waals surface area contributed by atoms with Crippen molar-refractivity contribution in [1.82, 2.24) is 20.1 Å². The summed E-state index contributed by atoms with van der Waals surface area (Å²) >= 11 is 0. The molecular formula is C23H27N5O4S. The first-order valence-electron chi connectivity index (χ1n) is 11.0. The van der Waals surface area contributed by atoms with Gasteiger partial charge in [-0.15, -0.1) is 0 Å². The van der Waals surface area contributed by atoms with E-state index in [1.54, 1.807) is 12.3 Å². The number of anilines is 1. The van der Waals surface area contributed by atoms with Crippen LogP contribution >= 0.6 is 0 Å². The van der Waals surface area contributed by atoms with Gasteiger partial charge >= 0.3 is 6.01 Å². The van der Waals surface area contributed by atoms with Gasteiger partial charge in [-0.3, -0.25) is 9.97 Å². The highest BCUT2D eigenvalue weighted by Crippen LogP contribution is 2.63. The lowest BCUT2D eigenvalue weighted by atomic mass is 10.1. The zero-order valence-corrected chi connectivity index (χ0v) is 19.9. The van der Waals surface area contributed by atoms with Crippen LogP contribution in [0.25, 0.3) is 11.4 Å². The van der Waals surface area contributed by atoms with Gasteiger partial charge in [-0.05, 0) is 35.6 Å². The van der Waals surface area contributed by atoms with Crippen molar-refractivity contribution in [3.63, 3.8) is 0 Å². The van der Waals surface area contributed by atoms with Crippen LogP contribution in [0.15, 0.2) is 46.1 Å². The molecule has 0 N–H and O–H groups in total. The summed E-state index contributed by atoms with van der Waals surface area (Å²) < 4.78 is 34.6. The molecule has 0 bridgehead atoms. The molecule has 1 saturated carbocycles. The van der Waals surface area contributed by atoms with Gasteiger partial charge in [0.05, 0.1) is 29.1 Å². The van der Waals surface area contributed by atoms with Crippen molar-refractivity contribution in [2.45, 2.75) is 31.6 Å². The number of aromatic nitrogens is 4. The van der Waals surface area contributed by atoms with Crippen molar-refractivity contribution < 1.29 is 17.7 Å². The Hall–Kier alpha value is -3.01. The number of hydrogen-bond acceptors (Lipinski definition) is 9. The monoisotopic (exact) mass is 469 g/mol. The molecule has 10 heteroatoms. The van der Waals surface area contributed by atoms with Crippen LogP contribution in [-0.2, 0) is 9.84 Å². The molecule has 0 spiro atoms. The number of piperidine rings is 1. The number of fused-ring (bicyclic) bond motifs is 1. The van der Waals surface area contributed by atoms with E-state index in [9.17, 15) is 8.42 Å². The van der Waals surface area contributed by atoms with Crippen LogP contribution in [0.5, 0.6) is 5.75 Å². The van der Waals surface area contributed by atoms with Gasteiger partial charge in [0.2, 0.25) is 0 Å². The molecule has 3 atom stereocenters. The molecule has 1 aliphatic carbocycles. The molecule has 2 fully saturated rings. The normalized spacial score (nSPS) is 24.2. The molecule has 3 aromatic rings. The molecule has 174 valence electrons. The fraction of sp³-hybridized carbons (Fsp3) is 0.478. The van der Waals surface area contributed by atoms with E-state index in [1.807, 2.05) is 12.1 Å². The second kappa shape index (κ2) is 7.79. The van der Waals surface area contributed by atoms with Gasteiger partial charge in [-0.1, -0.05) is 25.9 Å². The lowest BCUT2D eigenvalue weighted by Crippen LogP contribution is -2.28. The number of ether oxygens (including phenoxy) is 1. The summed E-state index contributed by atoms with van der Waals surface area (Å²) in [5.41, 5.74) is 1.46. The minimum Gasteiger partial charge on any atom is -0.492 e. The quantitative estimate of drug-likeness (QED) is 0.515. The Morgan fingerprint density at radius 3 is 2.42 bits per heavy atom. The Balaban J connectivity index is 1.16. The third-order valence-electron chi connectivity index (χ3n) is 6.83. The van der Waals surface area contributed by atoms with E-state index in [1.165, 1.54) is 12.3 Å². The summed E-state index contributed by atoms with van der Waals surface area (Å²) in [7, 11) is -3.27. The number of hydrogen-bond donors (Lipinski definition) is 0. The van der Waals surface area contributed by atoms with Crippen LogP contribution in [-0.4, -0.2) is 54.5 Å². The maximum atomic E-state index is 11.6. The van der Waals surface area contributed by atoms with Gasteiger partial charge in [-0.25, -0.2) is 8.42 Å². The Morgan fingerprint density at radius 1 is 1.18 bits per heavy atom. The number of pyridine rings is 2. The lowest BCUT2D eigenvalue weighted by Gasteiger charge is -2.19. The molecule has 0 aromatic carbocycles. The van der Waals surface area contributed by atoms with Gasteiger partial charge in [0.15, 0.2) is 15.7 Å². The van der Waals surface area contributed by atoms with E-state index in [2.05, 4.69) is 45.8 Å².